The van der Waals surface area contributed by atoms with Crippen molar-refractivity contribution in [3.05, 3.63) is 70.4 Å². The van der Waals surface area contributed by atoms with Gasteiger partial charge in [0.05, 0.1) is 11.5 Å². The third-order valence-electron chi connectivity index (χ3n) is 5.01. The summed E-state index contributed by atoms with van der Waals surface area (Å²) in [6, 6.07) is 14.3. The zero-order chi connectivity index (χ0) is 21.3. The molecule has 0 amide bonds. The topological polar surface area (TPSA) is 49.8 Å². The average molecular weight is 433 g/mol. The molecule has 3 aromatic rings. The lowest BCUT2D eigenvalue weighted by molar-refractivity contribution is -0.142. The van der Waals surface area contributed by atoms with Crippen LogP contribution >= 0.6 is 11.3 Å². The van der Waals surface area contributed by atoms with Gasteiger partial charge in [0.1, 0.15) is 12.4 Å². The highest BCUT2D eigenvalue weighted by atomic mass is 32.1. The summed E-state index contributed by atoms with van der Waals surface area (Å²) in [4.78, 5) is 13.9. The lowest BCUT2D eigenvalue weighted by Gasteiger charge is -2.38. The summed E-state index contributed by atoms with van der Waals surface area (Å²) in [5.41, 5.74) is 0.949. The molecule has 0 spiro atoms. The minimum Gasteiger partial charge on any atom is -0.487 e. The van der Waals surface area contributed by atoms with Crippen LogP contribution in [0, 0.1) is 5.92 Å². The van der Waals surface area contributed by atoms with Crippen LogP contribution in [0.2, 0.25) is 0 Å². The predicted octanol–water partition coefficient (Wildman–Crippen LogP) is 5.53. The molecule has 0 aliphatic carbocycles. The van der Waals surface area contributed by atoms with Gasteiger partial charge in [-0.2, -0.15) is 13.2 Å². The Hall–Kier alpha value is -3.00. The summed E-state index contributed by atoms with van der Waals surface area (Å²) >= 11 is 1.51. The predicted molar refractivity (Wildman–Crippen MR) is 109 cm³/mol. The highest BCUT2D eigenvalue weighted by Gasteiger charge is 2.33. The van der Waals surface area contributed by atoms with Gasteiger partial charge in [-0.25, -0.2) is 0 Å². The van der Waals surface area contributed by atoms with E-state index in [2.05, 4.69) is 0 Å². The molecule has 4 nitrogen and oxygen atoms in total. The molecular formula is C22H18F3NO3S. The van der Waals surface area contributed by atoms with Crippen molar-refractivity contribution in [3.63, 3.8) is 0 Å². The maximum atomic E-state index is 13.3. The fourth-order valence-corrected chi connectivity index (χ4v) is 3.93. The molecule has 0 atom stereocenters. The molecule has 2 heterocycles. The largest absolute Gasteiger partial charge is 0.487 e. The number of alkyl halides is 3. The average Bonchev–Trinajstić information content (AvgIpc) is 3.18. The third kappa shape index (κ3) is 4.28. The van der Waals surface area contributed by atoms with E-state index >= 15 is 0 Å². The van der Waals surface area contributed by atoms with Gasteiger partial charge >= 0.3 is 12.1 Å². The van der Waals surface area contributed by atoms with E-state index in [1.165, 1.54) is 17.4 Å². The Kier molecular flexibility index (Phi) is 5.42. The third-order valence-corrected chi connectivity index (χ3v) is 5.86. The number of hydrogen-bond acceptors (Lipinski definition) is 4. The highest BCUT2D eigenvalue weighted by molar-refractivity contribution is 7.09. The van der Waals surface area contributed by atoms with Crippen LogP contribution in [0.4, 0.5) is 18.9 Å². The molecule has 156 valence electrons. The van der Waals surface area contributed by atoms with Crippen LogP contribution in [-0.4, -0.2) is 24.2 Å². The molecule has 1 aliphatic heterocycles. The number of ether oxygens (including phenoxy) is 1. The summed E-state index contributed by atoms with van der Waals surface area (Å²) in [6.07, 6.45) is -4.47. The van der Waals surface area contributed by atoms with Crippen LogP contribution in [0.1, 0.15) is 10.4 Å². The number of hydrogen-bond donors (Lipinski definition) is 1. The van der Waals surface area contributed by atoms with Crippen LogP contribution in [0.5, 0.6) is 5.75 Å². The first kappa shape index (κ1) is 20.3. The number of aliphatic carboxylic acids is 1. The van der Waals surface area contributed by atoms with Crippen molar-refractivity contribution in [1.29, 1.82) is 0 Å². The number of anilines is 1. The Morgan fingerprint density at radius 2 is 1.93 bits per heavy atom. The first-order chi connectivity index (χ1) is 14.3. The molecule has 8 heteroatoms. The second-order valence-corrected chi connectivity index (χ2v) is 8.10. The van der Waals surface area contributed by atoms with Crippen molar-refractivity contribution in [1.82, 2.24) is 0 Å². The van der Waals surface area contributed by atoms with E-state index in [1.807, 2.05) is 28.5 Å². The summed E-state index contributed by atoms with van der Waals surface area (Å²) in [5, 5.41) is 11.0. The quantitative estimate of drug-likeness (QED) is 0.555. The molecule has 1 aliphatic rings. The number of carbonyl (C=O) groups is 1. The van der Waals surface area contributed by atoms with Crippen molar-refractivity contribution in [2.45, 2.75) is 12.8 Å². The second kappa shape index (κ2) is 8.02. The zero-order valence-corrected chi connectivity index (χ0v) is 16.5. The van der Waals surface area contributed by atoms with Crippen molar-refractivity contribution >= 4 is 23.0 Å². The highest BCUT2D eigenvalue weighted by Crippen LogP contribution is 2.39. The number of rotatable bonds is 6. The molecule has 30 heavy (non-hydrogen) atoms. The Balaban J connectivity index is 1.65. The van der Waals surface area contributed by atoms with E-state index in [1.54, 1.807) is 18.2 Å². The van der Waals surface area contributed by atoms with Gasteiger partial charge in [0.15, 0.2) is 0 Å². The summed E-state index contributed by atoms with van der Waals surface area (Å²) in [6.45, 7) is 1.02. The van der Waals surface area contributed by atoms with Crippen molar-refractivity contribution in [2.75, 3.05) is 18.0 Å². The maximum absolute atomic E-state index is 13.3. The molecule has 0 unspecified atom stereocenters. The summed E-state index contributed by atoms with van der Waals surface area (Å²) < 4.78 is 45.8. The van der Waals surface area contributed by atoms with Crippen molar-refractivity contribution in [3.8, 4) is 16.9 Å². The second-order valence-electron chi connectivity index (χ2n) is 7.07. The van der Waals surface area contributed by atoms with E-state index in [-0.39, 0.29) is 6.61 Å². The fraction of sp³-hybridized carbons (Fsp3) is 0.227. The Morgan fingerprint density at radius 1 is 1.13 bits per heavy atom. The van der Waals surface area contributed by atoms with Gasteiger partial charge in [0, 0.05) is 29.2 Å². The SMILES string of the molecule is O=C(O)C1CN(c2cccc(-c3cc(C(F)(F)F)ccc3OCc3cccs3)c2)C1. The number of thiophene rings is 1. The lowest BCUT2D eigenvalue weighted by atomic mass is 9.97. The molecule has 1 fully saturated rings. The molecule has 0 saturated carbocycles. The van der Waals surface area contributed by atoms with Gasteiger partial charge in [-0.05, 0) is 47.3 Å². The van der Waals surface area contributed by atoms with E-state index in [9.17, 15) is 18.0 Å². The van der Waals surface area contributed by atoms with Crippen LogP contribution in [-0.2, 0) is 17.6 Å². The Labute approximate surface area is 175 Å². The molecule has 0 radical (unpaired) electrons. The molecule has 2 aromatic carbocycles. The Bertz CT molecular complexity index is 1040. The molecule has 4 rings (SSSR count). The molecule has 1 aromatic heterocycles. The number of carboxylic acid groups (broad SMARTS) is 1. The smallest absolute Gasteiger partial charge is 0.416 e. The maximum Gasteiger partial charge on any atom is 0.416 e. The van der Waals surface area contributed by atoms with Gasteiger partial charge in [0.25, 0.3) is 0 Å². The Morgan fingerprint density at radius 3 is 2.60 bits per heavy atom. The van der Waals surface area contributed by atoms with Crippen molar-refractivity contribution < 1.29 is 27.8 Å². The first-order valence-electron chi connectivity index (χ1n) is 9.26. The van der Waals surface area contributed by atoms with E-state index in [0.29, 0.717) is 30.0 Å². The van der Waals surface area contributed by atoms with Crippen molar-refractivity contribution in [2.24, 2.45) is 5.92 Å². The summed E-state index contributed by atoms with van der Waals surface area (Å²) in [7, 11) is 0. The van der Waals surface area contributed by atoms with Gasteiger partial charge in [-0.3, -0.25) is 4.79 Å². The molecule has 1 saturated heterocycles. The van der Waals surface area contributed by atoms with Crippen LogP contribution in [0.25, 0.3) is 11.1 Å². The molecule has 1 N–H and O–H groups in total. The monoisotopic (exact) mass is 433 g/mol. The fourth-order valence-electron chi connectivity index (χ4n) is 3.32. The van der Waals surface area contributed by atoms with E-state index in [4.69, 9.17) is 9.84 Å². The number of halogens is 3. The van der Waals surface area contributed by atoms with Gasteiger partial charge < -0.3 is 14.7 Å². The molecule has 0 bridgehead atoms. The molecular weight excluding hydrogens is 415 g/mol. The standard InChI is InChI=1S/C22H18F3NO3S/c23-22(24,25)16-6-7-20(29-13-18-5-2-8-30-18)19(10-16)14-3-1-4-17(9-14)26-11-15(12-26)21(27)28/h1-10,15H,11-13H2,(H,27,28). The van der Waals surface area contributed by atoms with Crippen LogP contribution < -0.4 is 9.64 Å². The normalized spacial score (nSPS) is 14.4. The zero-order valence-electron chi connectivity index (χ0n) is 15.7. The van der Waals surface area contributed by atoms with E-state index < -0.39 is 23.6 Å². The number of benzene rings is 2. The lowest BCUT2D eigenvalue weighted by Crippen LogP contribution is -2.50. The first-order valence-corrected chi connectivity index (χ1v) is 10.1. The van der Waals surface area contributed by atoms with Gasteiger partial charge in [-0.1, -0.05) is 18.2 Å². The minimum absolute atomic E-state index is 0.266. The number of nitrogens with zero attached hydrogens (tertiary/aromatic N) is 1. The van der Waals surface area contributed by atoms with Crippen LogP contribution in [0.3, 0.4) is 0 Å². The van der Waals surface area contributed by atoms with E-state index in [0.717, 1.165) is 22.7 Å². The summed E-state index contributed by atoms with van der Waals surface area (Å²) in [5.74, 6) is -0.906. The number of carboxylic acids is 1. The van der Waals surface area contributed by atoms with Gasteiger partial charge in [0.2, 0.25) is 0 Å². The van der Waals surface area contributed by atoms with Gasteiger partial charge in [-0.15, -0.1) is 11.3 Å². The van der Waals surface area contributed by atoms with Crippen LogP contribution in [0.15, 0.2) is 60.0 Å². The minimum atomic E-state index is -4.47.